The minimum atomic E-state index is -0.615. The Kier molecular flexibility index (Phi) is 4.07. The molecule has 0 saturated carbocycles. The van der Waals surface area contributed by atoms with E-state index in [1.807, 2.05) is 19.1 Å². The van der Waals surface area contributed by atoms with Gasteiger partial charge in [-0.25, -0.2) is 4.39 Å². The van der Waals surface area contributed by atoms with Gasteiger partial charge in [-0.3, -0.25) is 9.63 Å². The maximum Gasteiger partial charge on any atom is 0.238 e. The number of alkyl halides is 1. The smallest absolute Gasteiger partial charge is 0.238 e. The van der Waals surface area contributed by atoms with Gasteiger partial charge in [0, 0.05) is 0 Å². The molecule has 0 bridgehead atoms. The summed E-state index contributed by atoms with van der Waals surface area (Å²) in [5.74, 6) is 0. The minimum Gasteiger partial charge on any atom is -0.276 e. The summed E-state index contributed by atoms with van der Waals surface area (Å²) in [6.45, 7) is 1.21. The molecule has 14 heavy (non-hydrogen) atoms. The molecule has 0 aliphatic carbocycles. The zero-order valence-corrected chi connectivity index (χ0v) is 7.94. The van der Waals surface area contributed by atoms with E-state index in [4.69, 9.17) is 4.84 Å². The summed E-state index contributed by atoms with van der Waals surface area (Å²) in [5.41, 5.74) is 1.68. The van der Waals surface area contributed by atoms with Crippen LogP contribution in [0.4, 0.5) is 10.1 Å². The molecule has 0 N–H and O–H groups in total. The molecule has 1 amide bonds. The van der Waals surface area contributed by atoms with Gasteiger partial charge < -0.3 is 0 Å². The standard InChI is InChI=1S/C10H12FNO2/c1-9-2-4-10(5-3-9)12(8-13)14-7-6-11/h2-5,8H,6-7H2,1H3. The predicted molar refractivity (Wildman–Crippen MR) is 51.6 cm³/mol. The quantitative estimate of drug-likeness (QED) is 0.532. The predicted octanol–water partition coefficient (Wildman–Crippen LogP) is 1.86. The normalized spacial score (nSPS) is 9.86. The highest BCUT2D eigenvalue weighted by molar-refractivity contribution is 5.72. The zero-order valence-electron chi connectivity index (χ0n) is 7.94. The summed E-state index contributed by atoms with van der Waals surface area (Å²) in [6.07, 6.45) is 0.514. The first-order valence-electron chi connectivity index (χ1n) is 4.28. The van der Waals surface area contributed by atoms with Crippen molar-refractivity contribution < 1.29 is 14.0 Å². The largest absolute Gasteiger partial charge is 0.276 e. The Bertz CT molecular complexity index is 287. The van der Waals surface area contributed by atoms with Crippen LogP contribution in [0, 0.1) is 6.92 Å². The molecule has 0 aliphatic rings. The fourth-order valence-corrected chi connectivity index (χ4v) is 0.990. The maximum atomic E-state index is 11.8. The number of hydrogen-bond donors (Lipinski definition) is 0. The van der Waals surface area contributed by atoms with Crippen LogP contribution >= 0.6 is 0 Å². The lowest BCUT2D eigenvalue weighted by Gasteiger charge is -2.15. The van der Waals surface area contributed by atoms with Crippen LogP contribution in [0.5, 0.6) is 0 Å². The number of halogens is 1. The molecule has 0 atom stereocenters. The first-order chi connectivity index (χ1) is 6.77. The molecule has 0 aliphatic heterocycles. The first-order valence-corrected chi connectivity index (χ1v) is 4.28. The summed E-state index contributed by atoms with van der Waals surface area (Å²) in [7, 11) is 0. The summed E-state index contributed by atoms with van der Waals surface area (Å²) in [5, 5.41) is 1.01. The number of hydroxylamine groups is 1. The molecule has 76 valence electrons. The Balaban J connectivity index is 2.68. The molecular weight excluding hydrogens is 185 g/mol. The van der Waals surface area contributed by atoms with Crippen LogP contribution in [0.2, 0.25) is 0 Å². The van der Waals surface area contributed by atoms with Crippen LogP contribution in [0.25, 0.3) is 0 Å². The Hall–Kier alpha value is -1.42. The number of carbonyl (C=O) groups is 1. The molecular formula is C10H12FNO2. The number of hydrogen-bond acceptors (Lipinski definition) is 2. The van der Waals surface area contributed by atoms with Crippen LogP contribution in [0.15, 0.2) is 24.3 Å². The first kappa shape index (κ1) is 10.7. The lowest BCUT2D eigenvalue weighted by molar-refractivity contribution is -0.114. The molecule has 1 rings (SSSR count). The van der Waals surface area contributed by atoms with Crippen molar-refractivity contribution in [2.45, 2.75) is 6.92 Å². The molecule has 0 spiro atoms. The SMILES string of the molecule is Cc1ccc(N(C=O)OCCF)cc1. The summed E-state index contributed by atoms with van der Waals surface area (Å²) in [6, 6.07) is 7.18. The van der Waals surface area contributed by atoms with Crippen molar-refractivity contribution >= 4 is 12.1 Å². The molecule has 0 aromatic heterocycles. The second-order valence-electron chi connectivity index (χ2n) is 2.79. The lowest BCUT2D eigenvalue weighted by Crippen LogP contribution is -2.22. The summed E-state index contributed by atoms with van der Waals surface area (Å²) >= 11 is 0. The van der Waals surface area contributed by atoms with Crippen LogP contribution in [0.3, 0.4) is 0 Å². The number of carbonyl (C=O) groups excluding carboxylic acids is 1. The van der Waals surface area contributed by atoms with E-state index in [2.05, 4.69) is 0 Å². The summed E-state index contributed by atoms with van der Waals surface area (Å²) in [4.78, 5) is 15.4. The van der Waals surface area contributed by atoms with Gasteiger partial charge in [-0.1, -0.05) is 17.7 Å². The third-order valence-corrected chi connectivity index (χ3v) is 1.69. The number of nitrogens with zero attached hydrogens (tertiary/aromatic N) is 1. The van der Waals surface area contributed by atoms with Crippen LogP contribution in [0.1, 0.15) is 5.56 Å². The van der Waals surface area contributed by atoms with Gasteiger partial charge in [-0.15, -0.1) is 0 Å². The zero-order chi connectivity index (χ0) is 10.4. The minimum absolute atomic E-state index is 0.118. The van der Waals surface area contributed by atoms with Gasteiger partial charge in [-0.05, 0) is 19.1 Å². The van der Waals surface area contributed by atoms with Gasteiger partial charge in [0.1, 0.15) is 13.3 Å². The van der Waals surface area contributed by atoms with Crippen molar-refractivity contribution in [3.63, 3.8) is 0 Å². The number of anilines is 1. The average molecular weight is 197 g/mol. The Morgan fingerprint density at radius 3 is 2.57 bits per heavy atom. The third kappa shape index (κ3) is 2.81. The Labute approximate surface area is 82.0 Å². The Morgan fingerprint density at radius 1 is 1.43 bits per heavy atom. The van der Waals surface area contributed by atoms with E-state index >= 15 is 0 Å². The second kappa shape index (κ2) is 5.34. The van der Waals surface area contributed by atoms with E-state index in [1.54, 1.807) is 12.1 Å². The Morgan fingerprint density at radius 2 is 2.07 bits per heavy atom. The third-order valence-electron chi connectivity index (χ3n) is 1.69. The number of rotatable bonds is 5. The molecule has 1 aromatic carbocycles. The van der Waals surface area contributed by atoms with E-state index < -0.39 is 6.67 Å². The summed E-state index contributed by atoms with van der Waals surface area (Å²) < 4.78 is 11.8. The van der Waals surface area contributed by atoms with Gasteiger partial charge in [0.15, 0.2) is 0 Å². The lowest BCUT2D eigenvalue weighted by atomic mass is 10.2. The topological polar surface area (TPSA) is 29.5 Å². The molecule has 0 fully saturated rings. The second-order valence-corrected chi connectivity index (χ2v) is 2.79. The molecule has 0 unspecified atom stereocenters. The molecule has 4 heteroatoms. The van der Waals surface area contributed by atoms with Gasteiger partial charge in [-0.2, -0.15) is 5.06 Å². The highest BCUT2D eigenvalue weighted by atomic mass is 19.1. The highest BCUT2D eigenvalue weighted by Gasteiger charge is 2.04. The van der Waals surface area contributed by atoms with Crippen LogP contribution in [-0.4, -0.2) is 19.7 Å². The van der Waals surface area contributed by atoms with Crippen LogP contribution < -0.4 is 5.06 Å². The average Bonchev–Trinajstić information content (AvgIpc) is 2.21. The van der Waals surface area contributed by atoms with E-state index in [-0.39, 0.29) is 6.61 Å². The molecule has 3 nitrogen and oxygen atoms in total. The van der Waals surface area contributed by atoms with E-state index in [0.29, 0.717) is 12.1 Å². The molecule has 0 radical (unpaired) electrons. The molecule has 0 saturated heterocycles. The fraction of sp³-hybridized carbons (Fsp3) is 0.300. The number of benzene rings is 1. The van der Waals surface area contributed by atoms with Gasteiger partial charge in [0.05, 0.1) is 5.69 Å². The van der Waals surface area contributed by atoms with Gasteiger partial charge >= 0.3 is 0 Å². The monoisotopic (exact) mass is 197 g/mol. The number of aryl methyl sites for hydroxylation is 1. The maximum absolute atomic E-state index is 11.8. The van der Waals surface area contributed by atoms with Crippen molar-refractivity contribution in [2.24, 2.45) is 0 Å². The number of amides is 1. The van der Waals surface area contributed by atoms with Gasteiger partial charge in [0.2, 0.25) is 6.41 Å². The van der Waals surface area contributed by atoms with Crippen LogP contribution in [-0.2, 0) is 9.63 Å². The van der Waals surface area contributed by atoms with Crippen molar-refractivity contribution in [3.8, 4) is 0 Å². The highest BCUT2D eigenvalue weighted by Crippen LogP contribution is 2.13. The van der Waals surface area contributed by atoms with Crippen molar-refractivity contribution in [3.05, 3.63) is 29.8 Å². The van der Waals surface area contributed by atoms with Crippen molar-refractivity contribution in [1.82, 2.24) is 0 Å². The van der Waals surface area contributed by atoms with Crippen molar-refractivity contribution in [2.75, 3.05) is 18.3 Å². The van der Waals surface area contributed by atoms with E-state index in [1.165, 1.54) is 0 Å². The van der Waals surface area contributed by atoms with Gasteiger partial charge in [0.25, 0.3) is 0 Å². The van der Waals surface area contributed by atoms with E-state index in [0.717, 1.165) is 10.6 Å². The fourth-order valence-electron chi connectivity index (χ4n) is 0.990. The van der Waals surface area contributed by atoms with E-state index in [9.17, 15) is 9.18 Å². The van der Waals surface area contributed by atoms with Crippen molar-refractivity contribution in [1.29, 1.82) is 0 Å². The molecule has 1 aromatic rings. The molecule has 0 heterocycles.